The van der Waals surface area contributed by atoms with Crippen molar-refractivity contribution in [2.24, 2.45) is 11.7 Å². The van der Waals surface area contributed by atoms with E-state index in [4.69, 9.17) is 15.9 Å². The lowest BCUT2D eigenvalue weighted by Crippen LogP contribution is -2.57. The van der Waals surface area contributed by atoms with E-state index >= 15 is 0 Å². The highest BCUT2D eigenvalue weighted by Gasteiger charge is 2.30. The highest BCUT2D eigenvalue weighted by molar-refractivity contribution is 7.98. The predicted molar refractivity (Wildman–Crippen MR) is 128 cm³/mol. The Kier molecular flexibility index (Phi) is 15.3. The second kappa shape index (κ2) is 16.7. The number of hydrogen-bond donors (Lipinski definition) is 7. The van der Waals surface area contributed by atoms with Gasteiger partial charge in [0.05, 0.1) is 6.04 Å². The first-order valence-electron chi connectivity index (χ1n) is 11.1. The number of amides is 3. The SMILES string of the molecule is CSCCC(NC(=O)C(CC(C)C)NC(=O)C(N)CCC(=O)O)C(=O)NC(CCC(=O)O)C(=O)O. The molecule has 0 spiro atoms. The molecule has 0 aromatic heterocycles. The molecule has 0 radical (unpaired) electrons. The lowest BCUT2D eigenvalue weighted by atomic mass is 10.0. The molecule has 200 valence electrons. The molecule has 13 nitrogen and oxygen atoms in total. The Morgan fingerprint density at radius 3 is 1.71 bits per heavy atom. The van der Waals surface area contributed by atoms with Crippen LogP contribution in [0.2, 0.25) is 0 Å². The third-order valence-corrected chi connectivity index (χ3v) is 5.50. The van der Waals surface area contributed by atoms with Gasteiger partial charge in [-0.1, -0.05) is 13.8 Å². The average molecular weight is 521 g/mol. The Hall–Kier alpha value is -2.87. The van der Waals surface area contributed by atoms with E-state index in [2.05, 4.69) is 16.0 Å². The van der Waals surface area contributed by atoms with Gasteiger partial charge in [-0.05, 0) is 43.6 Å². The molecule has 0 saturated heterocycles. The second-order valence-electron chi connectivity index (χ2n) is 8.40. The standard InChI is InChI=1S/C21H36N4O9S/c1-11(2)10-15(25-18(30)12(22)4-6-16(26)27)20(32)23-13(8-9-35-3)19(31)24-14(21(33)34)5-7-17(28)29/h11-15H,4-10,22H2,1-3H3,(H,23,32)(H,24,31)(H,25,30)(H,26,27)(H,28,29)(H,33,34). The topological polar surface area (TPSA) is 225 Å². The van der Waals surface area contributed by atoms with Gasteiger partial charge < -0.3 is 37.0 Å². The van der Waals surface area contributed by atoms with E-state index in [1.165, 1.54) is 11.8 Å². The third-order valence-electron chi connectivity index (χ3n) is 4.85. The summed E-state index contributed by atoms with van der Waals surface area (Å²) in [5, 5.41) is 34.1. The van der Waals surface area contributed by atoms with Gasteiger partial charge in [-0.15, -0.1) is 0 Å². The van der Waals surface area contributed by atoms with Crippen molar-refractivity contribution in [2.75, 3.05) is 12.0 Å². The molecule has 0 saturated carbocycles. The number of carboxylic acid groups (broad SMARTS) is 3. The monoisotopic (exact) mass is 520 g/mol. The Morgan fingerprint density at radius 1 is 0.743 bits per heavy atom. The summed E-state index contributed by atoms with van der Waals surface area (Å²) in [4.78, 5) is 71.0. The maximum absolute atomic E-state index is 13.0. The molecule has 0 aromatic rings. The van der Waals surface area contributed by atoms with Crippen LogP contribution in [0, 0.1) is 5.92 Å². The van der Waals surface area contributed by atoms with E-state index in [0.29, 0.717) is 5.75 Å². The molecule has 35 heavy (non-hydrogen) atoms. The number of nitrogens with two attached hydrogens (primary N) is 1. The Labute approximate surface area is 208 Å². The van der Waals surface area contributed by atoms with Crippen LogP contribution in [0.1, 0.15) is 52.4 Å². The summed E-state index contributed by atoms with van der Waals surface area (Å²) in [5.74, 6) is -5.51. The van der Waals surface area contributed by atoms with Gasteiger partial charge in [0.15, 0.2) is 0 Å². The van der Waals surface area contributed by atoms with Gasteiger partial charge in [0.1, 0.15) is 18.1 Å². The largest absolute Gasteiger partial charge is 0.481 e. The van der Waals surface area contributed by atoms with Crippen LogP contribution in [0.5, 0.6) is 0 Å². The normalized spacial score (nSPS) is 14.3. The van der Waals surface area contributed by atoms with Crippen molar-refractivity contribution < 1.29 is 44.1 Å². The Morgan fingerprint density at radius 2 is 1.23 bits per heavy atom. The highest BCUT2D eigenvalue weighted by Crippen LogP contribution is 2.09. The van der Waals surface area contributed by atoms with Gasteiger partial charge in [0.2, 0.25) is 17.7 Å². The molecule has 0 aliphatic rings. The zero-order valence-corrected chi connectivity index (χ0v) is 20.9. The molecule has 0 rings (SSSR count). The smallest absolute Gasteiger partial charge is 0.326 e. The molecule has 0 aliphatic heterocycles. The first-order chi connectivity index (χ1) is 16.3. The number of hydrogen-bond acceptors (Lipinski definition) is 8. The average Bonchev–Trinajstić information content (AvgIpc) is 2.75. The predicted octanol–water partition coefficient (Wildman–Crippen LogP) is -0.618. The molecule has 0 aliphatic carbocycles. The molecule has 14 heteroatoms. The van der Waals surface area contributed by atoms with E-state index in [1.807, 2.05) is 13.8 Å². The van der Waals surface area contributed by atoms with E-state index < -0.39 is 66.2 Å². The molecule has 8 N–H and O–H groups in total. The number of carbonyl (C=O) groups excluding carboxylic acids is 3. The van der Waals surface area contributed by atoms with Gasteiger partial charge in [0, 0.05) is 12.8 Å². The zero-order valence-electron chi connectivity index (χ0n) is 20.1. The minimum atomic E-state index is -1.45. The van der Waals surface area contributed by atoms with Crippen LogP contribution in [0.15, 0.2) is 0 Å². The van der Waals surface area contributed by atoms with E-state index in [9.17, 15) is 33.9 Å². The summed E-state index contributed by atoms with van der Waals surface area (Å²) in [6.45, 7) is 3.63. The third kappa shape index (κ3) is 14.2. The van der Waals surface area contributed by atoms with Gasteiger partial charge >= 0.3 is 17.9 Å². The van der Waals surface area contributed by atoms with Crippen molar-refractivity contribution in [2.45, 2.75) is 76.5 Å². The number of nitrogens with one attached hydrogen (secondary N) is 3. The van der Waals surface area contributed by atoms with Crippen molar-refractivity contribution in [1.82, 2.24) is 16.0 Å². The molecular weight excluding hydrogens is 484 g/mol. The number of carbonyl (C=O) groups is 6. The van der Waals surface area contributed by atoms with Crippen molar-refractivity contribution in [3.8, 4) is 0 Å². The maximum Gasteiger partial charge on any atom is 0.326 e. The van der Waals surface area contributed by atoms with Crippen LogP contribution < -0.4 is 21.7 Å². The second-order valence-corrected chi connectivity index (χ2v) is 9.39. The molecule has 0 fully saturated rings. The fraction of sp³-hybridized carbons (Fsp3) is 0.714. The van der Waals surface area contributed by atoms with Crippen LogP contribution >= 0.6 is 11.8 Å². The molecule has 0 aromatic carbocycles. The lowest BCUT2D eigenvalue weighted by molar-refractivity contribution is -0.143. The fourth-order valence-corrected chi connectivity index (χ4v) is 3.44. The number of carboxylic acids is 3. The van der Waals surface area contributed by atoms with Crippen LogP contribution in [-0.4, -0.2) is 87.1 Å². The van der Waals surface area contributed by atoms with E-state index in [-0.39, 0.29) is 38.0 Å². The first-order valence-corrected chi connectivity index (χ1v) is 12.5. The van der Waals surface area contributed by atoms with E-state index in [1.54, 1.807) is 6.26 Å². The van der Waals surface area contributed by atoms with Gasteiger partial charge in [0.25, 0.3) is 0 Å². The minimum absolute atomic E-state index is 0.0350. The van der Waals surface area contributed by atoms with Gasteiger partial charge in [-0.2, -0.15) is 11.8 Å². The van der Waals surface area contributed by atoms with Crippen LogP contribution in [0.25, 0.3) is 0 Å². The van der Waals surface area contributed by atoms with Crippen molar-refractivity contribution >= 4 is 47.4 Å². The molecule has 0 heterocycles. The van der Waals surface area contributed by atoms with Crippen molar-refractivity contribution in [1.29, 1.82) is 0 Å². The van der Waals surface area contributed by atoms with Gasteiger partial charge in [-0.25, -0.2) is 4.79 Å². The summed E-state index contributed by atoms with van der Waals surface area (Å²) in [6, 6.07) is -4.79. The zero-order chi connectivity index (χ0) is 27.1. The fourth-order valence-electron chi connectivity index (χ4n) is 2.97. The molecule has 3 amide bonds. The number of rotatable bonds is 18. The summed E-state index contributed by atoms with van der Waals surface area (Å²) in [5.41, 5.74) is 5.72. The van der Waals surface area contributed by atoms with Crippen LogP contribution in [0.3, 0.4) is 0 Å². The van der Waals surface area contributed by atoms with Crippen molar-refractivity contribution in [3.63, 3.8) is 0 Å². The maximum atomic E-state index is 13.0. The van der Waals surface area contributed by atoms with E-state index in [0.717, 1.165) is 0 Å². The highest BCUT2D eigenvalue weighted by atomic mass is 32.2. The van der Waals surface area contributed by atoms with Crippen LogP contribution in [0.4, 0.5) is 0 Å². The number of thioether (sulfide) groups is 1. The summed E-state index contributed by atoms with van der Waals surface area (Å²) < 4.78 is 0. The Bertz CT molecular complexity index is 763. The van der Waals surface area contributed by atoms with Crippen LogP contribution in [-0.2, 0) is 28.8 Å². The summed E-state index contributed by atoms with van der Waals surface area (Å²) in [6.07, 6.45) is 0.899. The quantitative estimate of drug-likeness (QED) is 0.120. The first kappa shape index (κ1) is 32.1. The number of aliphatic carboxylic acids is 3. The minimum Gasteiger partial charge on any atom is -0.481 e. The summed E-state index contributed by atoms with van der Waals surface area (Å²) >= 11 is 1.40. The molecule has 4 atom stereocenters. The summed E-state index contributed by atoms with van der Waals surface area (Å²) in [7, 11) is 0. The van der Waals surface area contributed by atoms with Crippen molar-refractivity contribution in [3.05, 3.63) is 0 Å². The molecule has 0 bridgehead atoms. The Balaban J connectivity index is 5.45. The molecule has 4 unspecified atom stereocenters. The van der Waals surface area contributed by atoms with Gasteiger partial charge in [-0.3, -0.25) is 24.0 Å². The lowest BCUT2D eigenvalue weighted by Gasteiger charge is -2.26. The molecular formula is C21H36N4O9S.